The van der Waals surface area contributed by atoms with E-state index in [1.807, 2.05) is 24.3 Å². The molecule has 0 saturated carbocycles. The number of allylic oxidation sites excluding steroid dienone is 2. The van der Waals surface area contributed by atoms with Gasteiger partial charge in [0.25, 0.3) is 0 Å². The van der Waals surface area contributed by atoms with Crippen LogP contribution in [0.2, 0.25) is 0 Å². The van der Waals surface area contributed by atoms with E-state index < -0.39 is 0 Å². The quantitative estimate of drug-likeness (QED) is 0.787. The third kappa shape index (κ3) is 7.79. The van der Waals surface area contributed by atoms with Gasteiger partial charge in [0.2, 0.25) is 5.91 Å². The Morgan fingerprint density at radius 3 is 1.77 bits per heavy atom. The number of rotatable bonds is 2. The number of carbonyl (C=O) groups excluding carboxylic acids is 1. The minimum atomic E-state index is -0.256. The van der Waals surface area contributed by atoms with Gasteiger partial charge in [-0.2, -0.15) is 0 Å². The molecule has 3 rings (SSSR count). The van der Waals surface area contributed by atoms with Crippen LogP contribution in [-0.2, 0) is 23.7 Å². The molecular weight excluding hydrogens is 390 g/mol. The molecule has 2 aliphatic rings. The van der Waals surface area contributed by atoms with Crippen molar-refractivity contribution >= 4 is 11.6 Å². The summed E-state index contributed by atoms with van der Waals surface area (Å²) in [5.74, 6) is 0.765. The molecule has 1 heterocycles. The average Bonchev–Trinajstić information content (AvgIpc) is 3.29. The van der Waals surface area contributed by atoms with E-state index in [-0.39, 0.29) is 11.8 Å². The molecule has 164 valence electrons. The Morgan fingerprint density at radius 2 is 1.20 bits per heavy atom. The summed E-state index contributed by atoms with van der Waals surface area (Å²) in [6.07, 6.45) is 7.40. The highest BCUT2D eigenvalue weighted by Gasteiger charge is 2.15. The zero-order valence-electron chi connectivity index (χ0n) is 17.0. The van der Waals surface area contributed by atoms with Crippen molar-refractivity contribution in [2.24, 2.45) is 5.92 Å². The molecule has 1 aromatic rings. The molecule has 0 fully saturated rings. The lowest BCUT2D eigenvalue weighted by Crippen LogP contribution is -2.19. The highest BCUT2D eigenvalue weighted by atomic mass is 16.6. The highest BCUT2D eigenvalue weighted by Crippen LogP contribution is 2.31. The van der Waals surface area contributed by atoms with Crippen LogP contribution >= 0.6 is 0 Å². The number of anilines is 1. The van der Waals surface area contributed by atoms with Gasteiger partial charge in [0.1, 0.15) is 13.2 Å². The fourth-order valence-electron chi connectivity index (χ4n) is 2.83. The Balaban J connectivity index is 1.58. The molecule has 30 heavy (non-hydrogen) atoms. The monoisotopic (exact) mass is 419 g/mol. The largest absolute Gasteiger partial charge is 0.487 e. The van der Waals surface area contributed by atoms with Crippen molar-refractivity contribution in [3.05, 3.63) is 42.5 Å². The van der Waals surface area contributed by atoms with Crippen LogP contribution in [0.25, 0.3) is 0 Å². The fraction of sp³-hybridized carbons (Fsp3) is 0.500. The van der Waals surface area contributed by atoms with Gasteiger partial charge in [-0.3, -0.25) is 4.79 Å². The van der Waals surface area contributed by atoms with Crippen LogP contribution in [-0.4, -0.2) is 72.0 Å². The molecule has 0 unspecified atom stereocenters. The average molecular weight is 419 g/mol. The third-order valence-corrected chi connectivity index (χ3v) is 4.35. The second kappa shape index (κ2) is 13.0. The van der Waals surface area contributed by atoms with E-state index >= 15 is 0 Å². The number of nitrogens with one attached hydrogen (secondary N) is 1. The van der Waals surface area contributed by atoms with Gasteiger partial charge in [0.15, 0.2) is 11.5 Å². The molecule has 0 bridgehead atoms. The predicted octanol–water partition coefficient (Wildman–Crippen LogP) is 2.20. The Kier molecular flexibility index (Phi) is 9.68. The maximum absolute atomic E-state index is 12.3. The SMILES string of the molecule is O=C(Nc1ccc2c(c1)OCCOCCOCCOCCOCCO2)C1C=CC=C1. The lowest BCUT2D eigenvalue weighted by atomic mass is 10.1. The summed E-state index contributed by atoms with van der Waals surface area (Å²) in [6, 6.07) is 5.32. The standard InChI is InChI=1S/C22H29NO7/c24-22(18-3-1-2-4-18)23-19-5-6-20-21(17-19)30-16-14-28-12-10-26-8-7-25-9-11-27-13-15-29-20/h1-6,17-18H,7-16H2,(H,23,24). The summed E-state index contributed by atoms with van der Waals surface area (Å²) >= 11 is 0. The summed E-state index contributed by atoms with van der Waals surface area (Å²) < 4.78 is 33.5. The molecule has 1 amide bonds. The van der Waals surface area contributed by atoms with Gasteiger partial charge in [0.05, 0.1) is 58.8 Å². The number of hydrogen-bond donors (Lipinski definition) is 1. The first-order valence-electron chi connectivity index (χ1n) is 10.2. The van der Waals surface area contributed by atoms with Gasteiger partial charge < -0.3 is 33.7 Å². The Bertz CT molecular complexity index is 707. The summed E-state index contributed by atoms with van der Waals surface area (Å²) in [4.78, 5) is 12.3. The maximum Gasteiger partial charge on any atom is 0.235 e. The molecule has 8 nitrogen and oxygen atoms in total. The van der Waals surface area contributed by atoms with E-state index in [0.717, 1.165) is 0 Å². The normalized spacial score (nSPS) is 19.7. The number of benzene rings is 1. The van der Waals surface area contributed by atoms with Crippen LogP contribution in [0.5, 0.6) is 11.5 Å². The minimum absolute atomic E-state index is 0.0972. The first kappa shape index (κ1) is 22.3. The molecule has 0 spiro atoms. The second-order valence-corrected chi connectivity index (χ2v) is 6.59. The Morgan fingerprint density at radius 1 is 0.700 bits per heavy atom. The van der Waals surface area contributed by atoms with Crippen molar-refractivity contribution in [1.29, 1.82) is 0 Å². The zero-order chi connectivity index (χ0) is 20.9. The van der Waals surface area contributed by atoms with E-state index in [1.54, 1.807) is 18.2 Å². The van der Waals surface area contributed by atoms with Crippen molar-refractivity contribution in [3.63, 3.8) is 0 Å². The molecule has 0 aromatic heterocycles. The molecule has 1 aliphatic heterocycles. The van der Waals surface area contributed by atoms with Gasteiger partial charge in [-0.05, 0) is 12.1 Å². The second-order valence-electron chi connectivity index (χ2n) is 6.59. The molecule has 0 atom stereocenters. The first-order chi connectivity index (χ1) is 14.8. The van der Waals surface area contributed by atoms with Gasteiger partial charge >= 0.3 is 0 Å². The lowest BCUT2D eigenvalue weighted by molar-refractivity contribution is -0.117. The highest BCUT2D eigenvalue weighted by molar-refractivity contribution is 5.95. The maximum atomic E-state index is 12.3. The van der Waals surface area contributed by atoms with Gasteiger partial charge in [0, 0.05) is 11.8 Å². The first-order valence-corrected chi connectivity index (χ1v) is 10.2. The summed E-state index contributed by atoms with van der Waals surface area (Å²) in [5, 5.41) is 2.90. The molecule has 1 aromatic carbocycles. The number of hydrogen-bond acceptors (Lipinski definition) is 7. The summed E-state index contributed by atoms with van der Waals surface area (Å²) in [7, 11) is 0. The summed E-state index contributed by atoms with van der Waals surface area (Å²) in [5.41, 5.74) is 0.640. The smallest absolute Gasteiger partial charge is 0.235 e. The molecular formula is C22H29NO7. The van der Waals surface area contributed by atoms with E-state index in [2.05, 4.69) is 5.32 Å². The van der Waals surface area contributed by atoms with Crippen molar-refractivity contribution in [2.75, 3.05) is 71.4 Å². The van der Waals surface area contributed by atoms with Crippen molar-refractivity contribution < 1.29 is 33.2 Å². The third-order valence-electron chi connectivity index (χ3n) is 4.35. The van der Waals surface area contributed by atoms with Crippen molar-refractivity contribution in [3.8, 4) is 11.5 Å². The molecule has 0 radical (unpaired) electrons. The van der Waals surface area contributed by atoms with Gasteiger partial charge in [-0.1, -0.05) is 24.3 Å². The van der Waals surface area contributed by atoms with Crippen molar-refractivity contribution in [2.45, 2.75) is 0 Å². The number of amides is 1. The number of carbonyl (C=O) groups is 1. The Hall–Kier alpha value is -2.39. The van der Waals surface area contributed by atoms with E-state index in [0.29, 0.717) is 83.3 Å². The van der Waals surface area contributed by atoms with Crippen LogP contribution in [0.15, 0.2) is 42.5 Å². The van der Waals surface area contributed by atoms with Crippen LogP contribution in [0, 0.1) is 5.92 Å². The predicted molar refractivity (Wildman–Crippen MR) is 111 cm³/mol. The Labute approximate surface area is 176 Å². The van der Waals surface area contributed by atoms with Crippen LogP contribution < -0.4 is 14.8 Å². The number of fused-ring (bicyclic) bond motifs is 1. The molecule has 8 heteroatoms. The number of ether oxygens (including phenoxy) is 6. The fourth-order valence-corrected chi connectivity index (χ4v) is 2.83. The molecule has 1 aliphatic carbocycles. The molecule has 1 N–H and O–H groups in total. The summed E-state index contributed by atoms with van der Waals surface area (Å²) in [6.45, 7) is 4.60. The van der Waals surface area contributed by atoms with Crippen molar-refractivity contribution in [1.82, 2.24) is 0 Å². The zero-order valence-corrected chi connectivity index (χ0v) is 17.0. The topological polar surface area (TPSA) is 84.5 Å². The van der Waals surface area contributed by atoms with E-state index in [1.165, 1.54) is 0 Å². The lowest BCUT2D eigenvalue weighted by Gasteiger charge is -2.16. The van der Waals surface area contributed by atoms with Crippen LogP contribution in [0.3, 0.4) is 0 Å². The van der Waals surface area contributed by atoms with Gasteiger partial charge in [-0.15, -0.1) is 0 Å². The minimum Gasteiger partial charge on any atom is -0.487 e. The van der Waals surface area contributed by atoms with Crippen LogP contribution in [0.4, 0.5) is 5.69 Å². The van der Waals surface area contributed by atoms with Crippen LogP contribution in [0.1, 0.15) is 0 Å². The van der Waals surface area contributed by atoms with Gasteiger partial charge in [-0.25, -0.2) is 0 Å². The van der Waals surface area contributed by atoms with E-state index in [9.17, 15) is 4.79 Å². The molecule has 0 saturated heterocycles. The van der Waals surface area contributed by atoms with E-state index in [4.69, 9.17) is 28.4 Å².